The molecule has 3 rings (SSSR count). The minimum Gasteiger partial charge on any atom is -0.481 e. The lowest BCUT2D eigenvalue weighted by Crippen LogP contribution is -2.45. The average Bonchev–Trinajstić information content (AvgIpc) is 2.94. The second-order valence-corrected chi connectivity index (χ2v) is 5.59. The molecule has 1 fully saturated rings. The number of hydrogen-bond donors (Lipinski definition) is 3. The third-order valence-electron chi connectivity index (χ3n) is 4.22. The van der Waals surface area contributed by atoms with Crippen LogP contribution in [0.5, 0.6) is 0 Å². The minimum absolute atomic E-state index is 0.204. The van der Waals surface area contributed by atoms with E-state index in [-0.39, 0.29) is 11.9 Å². The fourth-order valence-corrected chi connectivity index (χ4v) is 3.04. The number of rotatable bonds is 3. The predicted octanol–water partition coefficient (Wildman–Crippen LogP) is 2.54. The van der Waals surface area contributed by atoms with E-state index in [0.717, 1.165) is 30.2 Å². The van der Waals surface area contributed by atoms with E-state index in [1.54, 1.807) is 12.1 Å². The second kappa shape index (κ2) is 5.60. The molecule has 1 amide bonds. The smallest absolute Gasteiger partial charge is 0.308 e. The van der Waals surface area contributed by atoms with Gasteiger partial charge in [-0.05, 0) is 36.4 Å². The van der Waals surface area contributed by atoms with Gasteiger partial charge in [-0.25, -0.2) is 0 Å². The normalized spacial score (nSPS) is 22.1. The predicted molar refractivity (Wildman–Crippen MR) is 79.1 cm³/mol. The fourth-order valence-electron chi connectivity index (χ4n) is 3.04. The number of aliphatic carboxylic acids is 1. The van der Waals surface area contributed by atoms with E-state index in [2.05, 4.69) is 10.3 Å². The summed E-state index contributed by atoms with van der Waals surface area (Å²) in [5, 5.41) is 13.2. The lowest BCUT2D eigenvalue weighted by Gasteiger charge is -2.29. The van der Waals surface area contributed by atoms with Gasteiger partial charge in [0.2, 0.25) is 0 Å². The Labute approximate surface area is 122 Å². The van der Waals surface area contributed by atoms with Gasteiger partial charge in [-0.1, -0.05) is 18.9 Å². The summed E-state index contributed by atoms with van der Waals surface area (Å²) >= 11 is 0. The standard InChI is InChI=1S/C16H18N2O3/c19-15(11-6-5-10-7-8-17-14(10)9-11)18-13-4-2-1-3-12(13)16(20)21/h5-9,12-13,17H,1-4H2,(H,18,19)(H,20,21)/t12-,13+/m1/s1. The third kappa shape index (κ3) is 2.77. The Bertz CT molecular complexity index is 677. The number of carboxylic acids is 1. The number of carbonyl (C=O) groups is 2. The molecule has 5 heteroatoms. The van der Waals surface area contributed by atoms with Gasteiger partial charge in [-0.3, -0.25) is 9.59 Å². The minimum atomic E-state index is -0.820. The van der Waals surface area contributed by atoms with Crippen molar-refractivity contribution in [1.82, 2.24) is 10.3 Å². The number of amides is 1. The molecule has 1 aromatic heterocycles. The molecule has 1 aromatic carbocycles. The SMILES string of the molecule is O=C(N[C@H]1CCCC[C@H]1C(=O)O)c1ccc2cc[nH]c2c1. The van der Waals surface area contributed by atoms with Crippen LogP contribution in [-0.2, 0) is 4.79 Å². The van der Waals surface area contributed by atoms with Gasteiger partial charge < -0.3 is 15.4 Å². The van der Waals surface area contributed by atoms with Crippen LogP contribution in [0.2, 0.25) is 0 Å². The Kier molecular flexibility index (Phi) is 3.64. The molecular weight excluding hydrogens is 268 g/mol. The monoisotopic (exact) mass is 286 g/mol. The molecule has 2 atom stereocenters. The van der Waals surface area contributed by atoms with Crippen LogP contribution in [0.4, 0.5) is 0 Å². The summed E-state index contributed by atoms with van der Waals surface area (Å²) in [6.45, 7) is 0. The molecule has 1 aliphatic carbocycles. The number of carbonyl (C=O) groups excluding carboxylic acids is 1. The molecule has 2 aromatic rings. The van der Waals surface area contributed by atoms with Crippen molar-refractivity contribution in [1.29, 1.82) is 0 Å². The van der Waals surface area contributed by atoms with Crippen LogP contribution < -0.4 is 5.32 Å². The topological polar surface area (TPSA) is 82.2 Å². The van der Waals surface area contributed by atoms with Crippen molar-refractivity contribution in [2.45, 2.75) is 31.7 Å². The summed E-state index contributed by atoms with van der Waals surface area (Å²) < 4.78 is 0. The number of H-pyrrole nitrogens is 1. The van der Waals surface area contributed by atoms with Gasteiger partial charge in [0.05, 0.1) is 5.92 Å². The van der Waals surface area contributed by atoms with Crippen LogP contribution in [0.1, 0.15) is 36.0 Å². The van der Waals surface area contributed by atoms with Crippen LogP contribution in [-0.4, -0.2) is 28.0 Å². The molecule has 0 saturated heterocycles. The molecular formula is C16H18N2O3. The van der Waals surface area contributed by atoms with E-state index in [1.807, 2.05) is 18.3 Å². The molecule has 21 heavy (non-hydrogen) atoms. The first-order valence-electron chi connectivity index (χ1n) is 7.26. The highest BCUT2D eigenvalue weighted by Crippen LogP contribution is 2.25. The summed E-state index contributed by atoms with van der Waals surface area (Å²) in [7, 11) is 0. The Balaban J connectivity index is 1.76. The largest absolute Gasteiger partial charge is 0.481 e. The maximum Gasteiger partial charge on any atom is 0.308 e. The van der Waals surface area contributed by atoms with Gasteiger partial charge in [0.1, 0.15) is 0 Å². The van der Waals surface area contributed by atoms with E-state index in [9.17, 15) is 14.7 Å². The number of nitrogens with one attached hydrogen (secondary N) is 2. The lowest BCUT2D eigenvalue weighted by atomic mass is 9.84. The highest BCUT2D eigenvalue weighted by molar-refractivity contribution is 5.98. The Morgan fingerprint density at radius 1 is 1.19 bits per heavy atom. The average molecular weight is 286 g/mol. The number of benzene rings is 1. The summed E-state index contributed by atoms with van der Waals surface area (Å²) in [6, 6.07) is 7.12. The van der Waals surface area contributed by atoms with Gasteiger partial charge in [-0.2, -0.15) is 0 Å². The molecule has 0 radical (unpaired) electrons. The van der Waals surface area contributed by atoms with Gasteiger partial charge in [0.25, 0.3) is 5.91 Å². The van der Waals surface area contributed by atoms with Crippen molar-refractivity contribution in [2.24, 2.45) is 5.92 Å². The zero-order valence-electron chi connectivity index (χ0n) is 11.6. The van der Waals surface area contributed by atoms with E-state index in [4.69, 9.17) is 0 Å². The summed E-state index contributed by atoms with van der Waals surface area (Å²) in [6.07, 6.45) is 5.07. The van der Waals surface area contributed by atoms with Crippen LogP contribution in [0, 0.1) is 5.92 Å². The van der Waals surface area contributed by atoms with Crippen LogP contribution in [0.25, 0.3) is 10.9 Å². The first-order chi connectivity index (χ1) is 10.1. The number of hydrogen-bond acceptors (Lipinski definition) is 2. The van der Waals surface area contributed by atoms with Gasteiger partial charge in [-0.15, -0.1) is 0 Å². The highest BCUT2D eigenvalue weighted by atomic mass is 16.4. The number of fused-ring (bicyclic) bond motifs is 1. The number of aromatic nitrogens is 1. The van der Waals surface area contributed by atoms with Crippen molar-refractivity contribution in [3.05, 3.63) is 36.0 Å². The Morgan fingerprint density at radius 2 is 2.00 bits per heavy atom. The number of aromatic amines is 1. The zero-order chi connectivity index (χ0) is 14.8. The van der Waals surface area contributed by atoms with Gasteiger partial charge >= 0.3 is 5.97 Å². The first kappa shape index (κ1) is 13.7. The maximum absolute atomic E-state index is 12.3. The first-order valence-corrected chi connectivity index (χ1v) is 7.26. The molecule has 1 aliphatic rings. The van der Waals surface area contributed by atoms with Crippen molar-refractivity contribution < 1.29 is 14.7 Å². The van der Waals surface area contributed by atoms with Crippen LogP contribution >= 0.6 is 0 Å². The van der Waals surface area contributed by atoms with E-state index < -0.39 is 11.9 Å². The van der Waals surface area contributed by atoms with E-state index >= 15 is 0 Å². The van der Waals surface area contributed by atoms with Gasteiger partial charge in [0.15, 0.2) is 0 Å². The van der Waals surface area contributed by atoms with E-state index in [1.165, 1.54) is 0 Å². The van der Waals surface area contributed by atoms with Crippen molar-refractivity contribution >= 4 is 22.8 Å². The van der Waals surface area contributed by atoms with Crippen LogP contribution in [0.3, 0.4) is 0 Å². The third-order valence-corrected chi connectivity index (χ3v) is 4.22. The number of carboxylic acid groups (broad SMARTS) is 1. The maximum atomic E-state index is 12.3. The molecule has 1 heterocycles. The Hall–Kier alpha value is -2.30. The van der Waals surface area contributed by atoms with Crippen molar-refractivity contribution in [2.75, 3.05) is 0 Å². The van der Waals surface area contributed by atoms with Crippen molar-refractivity contribution in [3.8, 4) is 0 Å². The molecule has 1 saturated carbocycles. The second-order valence-electron chi connectivity index (χ2n) is 5.59. The summed E-state index contributed by atoms with van der Waals surface area (Å²) in [4.78, 5) is 26.7. The highest BCUT2D eigenvalue weighted by Gasteiger charge is 2.31. The molecule has 0 bridgehead atoms. The molecule has 110 valence electrons. The lowest BCUT2D eigenvalue weighted by molar-refractivity contribution is -0.143. The van der Waals surface area contributed by atoms with Crippen LogP contribution in [0.15, 0.2) is 30.5 Å². The zero-order valence-corrected chi connectivity index (χ0v) is 11.6. The van der Waals surface area contributed by atoms with Gasteiger partial charge in [0, 0.05) is 23.3 Å². The molecule has 0 unspecified atom stereocenters. The molecule has 5 nitrogen and oxygen atoms in total. The molecule has 0 aliphatic heterocycles. The molecule has 0 spiro atoms. The quantitative estimate of drug-likeness (QED) is 0.811. The summed E-state index contributed by atoms with van der Waals surface area (Å²) in [5.74, 6) is -1.50. The van der Waals surface area contributed by atoms with Crippen molar-refractivity contribution in [3.63, 3.8) is 0 Å². The Morgan fingerprint density at radius 3 is 2.81 bits per heavy atom. The van der Waals surface area contributed by atoms with E-state index in [0.29, 0.717) is 12.0 Å². The molecule has 3 N–H and O–H groups in total. The fraction of sp³-hybridized carbons (Fsp3) is 0.375. The summed E-state index contributed by atoms with van der Waals surface area (Å²) in [5.41, 5.74) is 1.46.